The van der Waals surface area contributed by atoms with Gasteiger partial charge in [-0.15, -0.1) is 24.0 Å². The lowest BCUT2D eigenvalue weighted by atomic mass is 10.1. The van der Waals surface area contributed by atoms with Crippen LogP contribution in [0.15, 0.2) is 29.3 Å². The number of nitrogens with one attached hydrogen (secondary N) is 2. The van der Waals surface area contributed by atoms with E-state index in [-0.39, 0.29) is 29.9 Å². The number of hydrogen-bond acceptors (Lipinski definition) is 3. The molecule has 25 heavy (non-hydrogen) atoms. The SMILES string of the molecule is CN=C(NCCOCC(C)C)NCc1ccc(C(=O)N(C)C)cc1.I. The van der Waals surface area contributed by atoms with E-state index in [2.05, 4.69) is 29.5 Å². The summed E-state index contributed by atoms with van der Waals surface area (Å²) in [6.45, 7) is 7.04. The van der Waals surface area contributed by atoms with E-state index in [0.717, 1.165) is 18.1 Å². The molecule has 0 saturated heterocycles. The molecule has 0 aromatic heterocycles. The van der Waals surface area contributed by atoms with Gasteiger partial charge in [0, 0.05) is 46.4 Å². The second-order valence-corrected chi connectivity index (χ2v) is 6.22. The van der Waals surface area contributed by atoms with Gasteiger partial charge in [0.05, 0.1) is 6.61 Å². The Kier molecular flexibility index (Phi) is 12.2. The highest BCUT2D eigenvalue weighted by atomic mass is 127. The molecule has 0 saturated carbocycles. The van der Waals surface area contributed by atoms with Gasteiger partial charge in [-0.2, -0.15) is 0 Å². The van der Waals surface area contributed by atoms with Crippen molar-refractivity contribution in [1.29, 1.82) is 0 Å². The Bertz CT molecular complexity index is 530. The number of aliphatic imine (C=N–C) groups is 1. The van der Waals surface area contributed by atoms with Crippen molar-refractivity contribution in [2.24, 2.45) is 10.9 Å². The van der Waals surface area contributed by atoms with E-state index in [1.165, 1.54) is 0 Å². The molecule has 0 unspecified atom stereocenters. The second kappa shape index (κ2) is 12.9. The van der Waals surface area contributed by atoms with Gasteiger partial charge in [0.1, 0.15) is 0 Å². The summed E-state index contributed by atoms with van der Waals surface area (Å²) in [6.07, 6.45) is 0. The minimum absolute atomic E-state index is 0. The van der Waals surface area contributed by atoms with Gasteiger partial charge in [-0.3, -0.25) is 9.79 Å². The third-order valence-corrected chi connectivity index (χ3v) is 3.28. The molecule has 6 nitrogen and oxygen atoms in total. The van der Waals surface area contributed by atoms with E-state index < -0.39 is 0 Å². The van der Waals surface area contributed by atoms with Crippen LogP contribution in [0.2, 0.25) is 0 Å². The summed E-state index contributed by atoms with van der Waals surface area (Å²) < 4.78 is 5.53. The van der Waals surface area contributed by atoms with Crippen LogP contribution in [0, 0.1) is 5.92 Å². The van der Waals surface area contributed by atoms with Crippen LogP contribution in [0.5, 0.6) is 0 Å². The monoisotopic (exact) mass is 462 g/mol. The Morgan fingerprint density at radius 3 is 2.36 bits per heavy atom. The van der Waals surface area contributed by atoms with E-state index in [1.54, 1.807) is 26.0 Å². The van der Waals surface area contributed by atoms with Crippen LogP contribution >= 0.6 is 24.0 Å². The largest absolute Gasteiger partial charge is 0.379 e. The zero-order valence-corrected chi connectivity index (χ0v) is 18.2. The molecule has 1 aromatic carbocycles. The summed E-state index contributed by atoms with van der Waals surface area (Å²) >= 11 is 0. The van der Waals surface area contributed by atoms with E-state index in [1.807, 2.05) is 24.3 Å². The first-order chi connectivity index (χ1) is 11.4. The molecule has 1 aromatic rings. The first-order valence-corrected chi connectivity index (χ1v) is 8.27. The molecule has 0 bridgehead atoms. The Balaban J connectivity index is 0.00000576. The van der Waals surface area contributed by atoms with E-state index >= 15 is 0 Å². The van der Waals surface area contributed by atoms with Crippen molar-refractivity contribution in [3.63, 3.8) is 0 Å². The van der Waals surface area contributed by atoms with Gasteiger partial charge in [0.15, 0.2) is 5.96 Å². The first-order valence-electron chi connectivity index (χ1n) is 8.27. The zero-order valence-electron chi connectivity index (χ0n) is 15.8. The molecule has 0 spiro atoms. The third-order valence-electron chi connectivity index (χ3n) is 3.28. The molecular formula is C18H31IN4O2. The summed E-state index contributed by atoms with van der Waals surface area (Å²) in [5.41, 5.74) is 1.78. The lowest BCUT2D eigenvalue weighted by molar-refractivity contribution is 0.0827. The van der Waals surface area contributed by atoms with Crippen molar-refractivity contribution in [2.75, 3.05) is 40.9 Å². The average molecular weight is 462 g/mol. The number of carbonyl (C=O) groups is 1. The highest BCUT2D eigenvalue weighted by Crippen LogP contribution is 2.06. The van der Waals surface area contributed by atoms with Gasteiger partial charge in [-0.05, 0) is 23.6 Å². The molecule has 0 aliphatic rings. The van der Waals surface area contributed by atoms with Crippen molar-refractivity contribution in [2.45, 2.75) is 20.4 Å². The summed E-state index contributed by atoms with van der Waals surface area (Å²) in [5, 5.41) is 6.46. The third kappa shape index (κ3) is 9.64. The van der Waals surface area contributed by atoms with Crippen molar-refractivity contribution in [1.82, 2.24) is 15.5 Å². The number of hydrogen-bond donors (Lipinski definition) is 2. The number of amides is 1. The fourth-order valence-electron chi connectivity index (χ4n) is 1.99. The van der Waals surface area contributed by atoms with Gasteiger partial charge in [0.25, 0.3) is 5.91 Å². The Hall–Kier alpha value is -1.35. The molecular weight excluding hydrogens is 431 g/mol. The molecule has 0 fully saturated rings. The van der Waals surface area contributed by atoms with Gasteiger partial charge in [0.2, 0.25) is 0 Å². The molecule has 7 heteroatoms. The second-order valence-electron chi connectivity index (χ2n) is 6.22. The molecule has 142 valence electrons. The Morgan fingerprint density at radius 1 is 1.20 bits per heavy atom. The van der Waals surface area contributed by atoms with Gasteiger partial charge >= 0.3 is 0 Å². The Morgan fingerprint density at radius 2 is 1.84 bits per heavy atom. The highest BCUT2D eigenvalue weighted by molar-refractivity contribution is 14.0. The van der Waals surface area contributed by atoms with Gasteiger partial charge < -0.3 is 20.3 Å². The molecule has 0 heterocycles. The fraction of sp³-hybridized carbons (Fsp3) is 0.556. The molecule has 0 atom stereocenters. The zero-order chi connectivity index (χ0) is 17.9. The summed E-state index contributed by atoms with van der Waals surface area (Å²) in [7, 11) is 5.24. The smallest absolute Gasteiger partial charge is 0.253 e. The van der Waals surface area contributed by atoms with Crippen LogP contribution in [0.25, 0.3) is 0 Å². The number of ether oxygens (including phenoxy) is 1. The lowest BCUT2D eigenvalue weighted by Gasteiger charge is -2.13. The minimum Gasteiger partial charge on any atom is -0.379 e. The van der Waals surface area contributed by atoms with Crippen LogP contribution in [-0.4, -0.2) is 57.7 Å². The lowest BCUT2D eigenvalue weighted by Crippen LogP contribution is -2.38. The quantitative estimate of drug-likeness (QED) is 0.270. The number of guanidine groups is 1. The van der Waals surface area contributed by atoms with Crippen LogP contribution in [0.3, 0.4) is 0 Å². The summed E-state index contributed by atoms with van der Waals surface area (Å²) in [6, 6.07) is 7.58. The maximum absolute atomic E-state index is 11.9. The normalized spacial score (nSPS) is 11.0. The molecule has 0 aliphatic heterocycles. The van der Waals surface area contributed by atoms with Crippen molar-refractivity contribution in [3.8, 4) is 0 Å². The highest BCUT2D eigenvalue weighted by Gasteiger charge is 2.07. The number of benzene rings is 1. The maximum atomic E-state index is 11.9. The van der Waals surface area contributed by atoms with Crippen LogP contribution in [-0.2, 0) is 11.3 Å². The number of carbonyl (C=O) groups excluding carboxylic acids is 1. The van der Waals surface area contributed by atoms with Crippen molar-refractivity contribution >= 4 is 35.8 Å². The van der Waals surface area contributed by atoms with E-state index in [9.17, 15) is 4.79 Å². The Labute approximate surface area is 168 Å². The van der Waals surface area contributed by atoms with E-state index in [0.29, 0.717) is 31.2 Å². The topological polar surface area (TPSA) is 66.0 Å². The van der Waals surface area contributed by atoms with Gasteiger partial charge in [-0.1, -0.05) is 26.0 Å². The van der Waals surface area contributed by atoms with E-state index in [4.69, 9.17) is 4.74 Å². The molecule has 0 aliphatic carbocycles. The number of halogens is 1. The maximum Gasteiger partial charge on any atom is 0.253 e. The van der Waals surface area contributed by atoms with Crippen LogP contribution in [0.4, 0.5) is 0 Å². The standard InChI is InChI=1S/C18H30N4O2.HI/c1-14(2)13-24-11-10-20-18(19-3)21-12-15-6-8-16(9-7-15)17(23)22(4)5;/h6-9,14H,10-13H2,1-5H3,(H2,19,20,21);1H. The number of nitrogens with zero attached hydrogens (tertiary/aromatic N) is 2. The predicted molar refractivity (Wildman–Crippen MR) is 114 cm³/mol. The number of rotatable bonds is 8. The van der Waals surface area contributed by atoms with Crippen molar-refractivity contribution in [3.05, 3.63) is 35.4 Å². The van der Waals surface area contributed by atoms with Gasteiger partial charge in [-0.25, -0.2) is 0 Å². The first kappa shape index (κ1) is 23.6. The molecule has 1 amide bonds. The fourth-order valence-corrected chi connectivity index (χ4v) is 1.99. The summed E-state index contributed by atoms with van der Waals surface area (Å²) in [4.78, 5) is 17.6. The van der Waals surface area contributed by atoms with Crippen molar-refractivity contribution < 1.29 is 9.53 Å². The molecule has 1 rings (SSSR count). The predicted octanol–water partition coefficient (Wildman–Crippen LogP) is 2.34. The molecule has 0 radical (unpaired) electrons. The minimum atomic E-state index is 0. The molecule has 2 N–H and O–H groups in total. The summed E-state index contributed by atoms with van der Waals surface area (Å²) in [5.74, 6) is 1.29. The average Bonchev–Trinajstić information content (AvgIpc) is 2.56. The van der Waals surface area contributed by atoms with Crippen LogP contribution < -0.4 is 10.6 Å². The van der Waals surface area contributed by atoms with Crippen LogP contribution in [0.1, 0.15) is 29.8 Å².